The fourth-order valence-electron chi connectivity index (χ4n) is 3.22. The predicted octanol–water partition coefficient (Wildman–Crippen LogP) is 2.38. The van der Waals surface area contributed by atoms with Crippen molar-refractivity contribution < 1.29 is 19.1 Å². The molecule has 0 bridgehead atoms. The number of methoxy groups -OCH3 is 2. The molecule has 0 saturated carbocycles. The Kier molecular flexibility index (Phi) is 6.37. The normalized spacial score (nSPS) is 13.8. The molecular weight excluding hydrogens is 358 g/mol. The van der Waals surface area contributed by atoms with Crippen molar-refractivity contribution in [3.8, 4) is 11.5 Å². The second-order valence-electron chi connectivity index (χ2n) is 6.50. The molecule has 1 saturated heterocycles. The summed E-state index contributed by atoms with van der Waals surface area (Å²) >= 11 is 0. The molecule has 0 aromatic heterocycles. The van der Waals surface area contributed by atoms with Gasteiger partial charge in [0.15, 0.2) is 11.5 Å². The number of ether oxygens (including phenoxy) is 2. The zero-order valence-electron chi connectivity index (χ0n) is 16.2. The number of nitrogens with zero attached hydrogens (tertiary/aromatic N) is 2. The largest absolute Gasteiger partial charge is 0.493 e. The third kappa shape index (κ3) is 4.73. The average Bonchev–Trinajstić information content (AvgIpc) is 2.74. The van der Waals surface area contributed by atoms with Crippen LogP contribution in [0.25, 0.3) is 0 Å². The lowest BCUT2D eigenvalue weighted by atomic mass is 10.2. The number of para-hydroxylation sites is 1. The molecule has 1 N–H and O–H groups in total. The van der Waals surface area contributed by atoms with E-state index in [9.17, 15) is 9.59 Å². The van der Waals surface area contributed by atoms with Gasteiger partial charge in [-0.3, -0.25) is 9.59 Å². The summed E-state index contributed by atoms with van der Waals surface area (Å²) in [6, 6.07) is 15.2. The number of piperazine rings is 1. The van der Waals surface area contributed by atoms with Crippen LogP contribution >= 0.6 is 0 Å². The van der Waals surface area contributed by atoms with Crippen molar-refractivity contribution in [3.05, 3.63) is 48.5 Å². The number of carbonyl (C=O) groups excluding carboxylic acids is 2. The highest BCUT2D eigenvalue weighted by atomic mass is 16.5. The molecule has 0 spiro atoms. The van der Waals surface area contributed by atoms with E-state index in [0.29, 0.717) is 30.3 Å². The Morgan fingerprint density at radius 3 is 2.25 bits per heavy atom. The quantitative estimate of drug-likeness (QED) is 0.776. The van der Waals surface area contributed by atoms with E-state index in [4.69, 9.17) is 9.47 Å². The minimum absolute atomic E-state index is 0.161. The van der Waals surface area contributed by atoms with Gasteiger partial charge in [0, 0.05) is 43.6 Å². The topological polar surface area (TPSA) is 71.1 Å². The number of benzene rings is 2. The van der Waals surface area contributed by atoms with Gasteiger partial charge in [0.1, 0.15) is 6.42 Å². The molecule has 1 heterocycles. The van der Waals surface area contributed by atoms with Crippen LogP contribution < -0.4 is 19.7 Å². The number of hydrogen-bond acceptors (Lipinski definition) is 5. The van der Waals surface area contributed by atoms with Crippen LogP contribution in [0.1, 0.15) is 6.42 Å². The van der Waals surface area contributed by atoms with Gasteiger partial charge >= 0.3 is 0 Å². The molecule has 1 aliphatic heterocycles. The Bertz CT molecular complexity index is 818. The van der Waals surface area contributed by atoms with Gasteiger partial charge in [-0.15, -0.1) is 0 Å². The maximum absolute atomic E-state index is 12.5. The minimum atomic E-state index is -0.345. The third-order valence-corrected chi connectivity index (χ3v) is 4.73. The molecule has 0 radical (unpaired) electrons. The maximum Gasteiger partial charge on any atom is 0.233 e. The molecule has 0 unspecified atom stereocenters. The molecule has 2 aromatic carbocycles. The van der Waals surface area contributed by atoms with Gasteiger partial charge < -0.3 is 24.6 Å². The summed E-state index contributed by atoms with van der Waals surface area (Å²) in [5.74, 6) is 0.588. The lowest BCUT2D eigenvalue weighted by Crippen LogP contribution is -2.49. The summed E-state index contributed by atoms with van der Waals surface area (Å²) in [6.45, 7) is 2.73. The van der Waals surface area contributed by atoms with Crippen molar-refractivity contribution in [1.82, 2.24) is 4.90 Å². The van der Waals surface area contributed by atoms with E-state index >= 15 is 0 Å². The van der Waals surface area contributed by atoms with Crippen molar-refractivity contribution in [2.45, 2.75) is 6.42 Å². The van der Waals surface area contributed by atoms with Gasteiger partial charge in [-0.05, 0) is 24.3 Å². The Hall–Kier alpha value is -3.22. The van der Waals surface area contributed by atoms with Crippen LogP contribution in [0.3, 0.4) is 0 Å². The molecule has 7 heteroatoms. The summed E-state index contributed by atoms with van der Waals surface area (Å²) in [4.78, 5) is 28.7. The van der Waals surface area contributed by atoms with Crippen LogP contribution in [0.5, 0.6) is 11.5 Å². The monoisotopic (exact) mass is 383 g/mol. The van der Waals surface area contributed by atoms with Gasteiger partial charge in [0.2, 0.25) is 11.8 Å². The van der Waals surface area contributed by atoms with Crippen LogP contribution in [0, 0.1) is 0 Å². The van der Waals surface area contributed by atoms with E-state index in [1.54, 1.807) is 30.2 Å². The van der Waals surface area contributed by atoms with Crippen LogP contribution in [-0.4, -0.2) is 57.1 Å². The summed E-state index contributed by atoms with van der Waals surface area (Å²) in [5, 5.41) is 2.74. The standard InChI is InChI=1S/C21H25N3O4/c1-27-18-9-8-16(14-19(18)28-2)22-20(25)15-21(26)24-12-10-23(11-13-24)17-6-4-3-5-7-17/h3-9,14H,10-13,15H2,1-2H3,(H,22,25). The second kappa shape index (κ2) is 9.12. The summed E-state index contributed by atoms with van der Waals surface area (Å²) in [7, 11) is 3.08. The molecule has 0 atom stereocenters. The highest BCUT2D eigenvalue weighted by Gasteiger charge is 2.23. The van der Waals surface area contributed by atoms with Crippen molar-refractivity contribution in [2.24, 2.45) is 0 Å². The molecule has 3 rings (SSSR count). The molecule has 1 aliphatic rings. The van der Waals surface area contributed by atoms with E-state index < -0.39 is 0 Å². The molecule has 2 amide bonds. The van der Waals surface area contributed by atoms with E-state index in [0.717, 1.165) is 18.8 Å². The fraction of sp³-hybridized carbons (Fsp3) is 0.333. The Balaban J connectivity index is 1.50. The summed E-state index contributed by atoms with van der Waals surface area (Å²) in [6.07, 6.45) is -0.181. The van der Waals surface area contributed by atoms with Crippen molar-refractivity contribution in [3.63, 3.8) is 0 Å². The highest BCUT2D eigenvalue weighted by Crippen LogP contribution is 2.29. The zero-order chi connectivity index (χ0) is 19.9. The van der Waals surface area contributed by atoms with Crippen LogP contribution in [0.2, 0.25) is 0 Å². The first kappa shape index (κ1) is 19.5. The smallest absolute Gasteiger partial charge is 0.233 e. The van der Waals surface area contributed by atoms with Crippen molar-refractivity contribution in [1.29, 1.82) is 0 Å². The van der Waals surface area contributed by atoms with E-state index in [2.05, 4.69) is 22.3 Å². The third-order valence-electron chi connectivity index (χ3n) is 4.73. The van der Waals surface area contributed by atoms with Crippen LogP contribution in [0.4, 0.5) is 11.4 Å². The second-order valence-corrected chi connectivity index (χ2v) is 6.50. The van der Waals surface area contributed by atoms with Gasteiger partial charge in [-0.25, -0.2) is 0 Å². The number of carbonyl (C=O) groups is 2. The first-order chi connectivity index (χ1) is 13.6. The van der Waals surface area contributed by atoms with Crippen LogP contribution in [0.15, 0.2) is 48.5 Å². The first-order valence-corrected chi connectivity index (χ1v) is 9.20. The lowest BCUT2D eigenvalue weighted by molar-refractivity contribution is -0.134. The van der Waals surface area contributed by atoms with E-state index in [1.165, 1.54) is 7.11 Å². The molecular formula is C21H25N3O4. The van der Waals surface area contributed by atoms with Gasteiger partial charge in [-0.2, -0.15) is 0 Å². The molecule has 28 heavy (non-hydrogen) atoms. The molecule has 0 aliphatic carbocycles. The van der Waals surface area contributed by atoms with Crippen LogP contribution in [-0.2, 0) is 9.59 Å². The summed E-state index contributed by atoms with van der Waals surface area (Å²) < 4.78 is 10.4. The number of rotatable bonds is 6. The Morgan fingerprint density at radius 1 is 0.929 bits per heavy atom. The first-order valence-electron chi connectivity index (χ1n) is 9.20. The molecule has 7 nitrogen and oxygen atoms in total. The Labute approximate surface area is 164 Å². The molecule has 148 valence electrons. The molecule has 1 fully saturated rings. The highest BCUT2D eigenvalue weighted by molar-refractivity contribution is 6.03. The summed E-state index contributed by atoms with van der Waals surface area (Å²) in [5.41, 5.74) is 1.71. The van der Waals surface area contributed by atoms with Gasteiger partial charge in [0.25, 0.3) is 0 Å². The van der Waals surface area contributed by atoms with E-state index in [1.807, 2.05) is 18.2 Å². The maximum atomic E-state index is 12.5. The number of amides is 2. The van der Waals surface area contributed by atoms with Crippen molar-refractivity contribution >= 4 is 23.2 Å². The minimum Gasteiger partial charge on any atom is -0.493 e. The van der Waals surface area contributed by atoms with Gasteiger partial charge in [-0.1, -0.05) is 18.2 Å². The lowest BCUT2D eigenvalue weighted by Gasteiger charge is -2.36. The average molecular weight is 383 g/mol. The van der Waals surface area contributed by atoms with Gasteiger partial charge in [0.05, 0.1) is 14.2 Å². The zero-order valence-corrected chi connectivity index (χ0v) is 16.2. The Morgan fingerprint density at radius 2 is 1.61 bits per heavy atom. The number of hydrogen-bond donors (Lipinski definition) is 1. The molecule has 2 aromatic rings. The fourth-order valence-corrected chi connectivity index (χ4v) is 3.22. The SMILES string of the molecule is COc1ccc(NC(=O)CC(=O)N2CCN(c3ccccc3)CC2)cc1OC. The van der Waals surface area contributed by atoms with Crippen molar-refractivity contribution in [2.75, 3.05) is 50.6 Å². The number of nitrogens with one attached hydrogen (secondary N) is 1. The van der Waals surface area contributed by atoms with E-state index in [-0.39, 0.29) is 18.2 Å². The predicted molar refractivity (Wildman–Crippen MR) is 108 cm³/mol. The number of anilines is 2.